The fourth-order valence-electron chi connectivity index (χ4n) is 1.74. The van der Waals surface area contributed by atoms with Crippen molar-refractivity contribution in [2.45, 2.75) is 25.6 Å². The van der Waals surface area contributed by atoms with Gasteiger partial charge in [-0.1, -0.05) is 12.1 Å². The van der Waals surface area contributed by atoms with Gasteiger partial charge in [-0.05, 0) is 37.5 Å². The van der Waals surface area contributed by atoms with E-state index in [0.717, 1.165) is 25.1 Å². The Bertz CT molecular complexity index is 260. The molecule has 1 aromatic rings. The lowest BCUT2D eigenvalue weighted by molar-refractivity contribution is 0.266. The number of anilines is 1. The van der Waals surface area contributed by atoms with Gasteiger partial charge in [0.1, 0.15) is 0 Å². The van der Waals surface area contributed by atoms with Gasteiger partial charge in [-0.3, -0.25) is 0 Å². The maximum Gasteiger partial charge on any atom is 0.172 e. The first-order valence-corrected chi connectivity index (χ1v) is 4.75. The Balaban J connectivity index is 2.15. The Hall–Kier alpha value is -1.05. The zero-order valence-corrected chi connectivity index (χ0v) is 7.54. The van der Waals surface area contributed by atoms with Crippen LogP contribution in [-0.2, 0) is 0 Å². The maximum atomic E-state index is 13.4. The predicted octanol–water partition coefficient (Wildman–Crippen LogP) is 2.77. The number of hydrogen-bond acceptors (Lipinski definition) is 1. The molecule has 1 saturated heterocycles. The summed E-state index contributed by atoms with van der Waals surface area (Å²) in [4.78, 5) is 1.82. The van der Waals surface area contributed by atoms with Crippen LogP contribution in [0, 0.1) is 6.07 Å². The predicted molar refractivity (Wildman–Crippen MR) is 51.4 cm³/mol. The lowest BCUT2D eigenvalue weighted by atomic mass is 10.1. The van der Waals surface area contributed by atoms with E-state index in [1.807, 2.05) is 29.2 Å². The molecule has 0 spiro atoms. The van der Waals surface area contributed by atoms with Crippen LogP contribution in [-0.4, -0.2) is 12.8 Å². The van der Waals surface area contributed by atoms with E-state index in [0.29, 0.717) is 6.42 Å². The monoisotopic (exact) mass is 178 g/mol. The Morgan fingerprint density at radius 3 is 3.08 bits per heavy atom. The first-order valence-electron chi connectivity index (χ1n) is 4.75. The summed E-state index contributed by atoms with van der Waals surface area (Å²) in [5.74, 6) is 0. The largest absolute Gasteiger partial charge is 0.342 e. The summed E-state index contributed by atoms with van der Waals surface area (Å²) in [6.45, 7) is 0.832. The summed E-state index contributed by atoms with van der Waals surface area (Å²) in [7, 11) is 0. The van der Waals surface area contributed by atoms with E-state index in [1.54, 1.807) is 0 Å². The highest BCUT2D eigenvalue weighted by Crippen LogP contribution is 2.24. The van der Waals surface area contributed by atoms with E-state index in [-0.39, 0.29) is 0 Å². The highest BCUT2D eigenvalue weighted by molar-refractivity contribution is 5.46. The van der Waals surface area contributed by atoms with Gasteiger partial charge in [-0.15, -0.1) is 0 Å². The van der Waals surface area contributed by atoms with Crippen molar-refractivity contribution >= 4 is 5.69 Å². The zero-order chi connectivity index (χ0) is 9.10. The van der Waals surface area contributed by atoms with Gasteiger partial charge < -0.3 is 4.90 Å². The molecule has 0 saturated carbocycles. The van der Waals surface area contributed by atoms with Crippen molar-refractivity contribution in [3.05, 3.63) is 30.3 Å². The lowest BCUT2D eigenvalue weighted by Gasteiger charge is -2.32. The smallest absolute Gasteiger partial charge is 0.172 e. The zero-order valence-electron chi connectivity index (χ0n) is 7.54. The van der Waals surface area contributed by atoms with Crippen molar-refractivity contribution in [1.29, 1.82) is 0 Å². The topological polar surface area (TPSA) is 3.24 Å². The molecule has 1 aromatic carbocycles. The molecule has 0 aromatic heterocycles. The summed E-state index contributed by atoms with van der Waals surface area (Å²) >= 11 is 0. The molecular formula is C11H13FN. The number of benzene rings is 1. The molecule has 1 aliphatic heterocycles. The van der Waals surface area contributed by atoms with Crippen molar-refractivity contribution in [1.82, 2.24) is 0 Å². The summed E-state index contributed by atoms with van der Waals surface area (Å²) in [6.07, 6.45) is 1.96. The number of halogens is 1. The summed E-state index contributed by atoms with van der Waals surface area (Å²) in [5, 5.41) is 0. The number of hydrogen-bond donors (Lipinski definition) is 0. The molecule has 2 rings (SSSR count). The summed E-state index contributed by atoms with van der Waals surface area (Å²) in [5.41, 5.74) is 0.953. The van der Waals surface area contributed by atoms with E-state index >= 15 is 0 Å². The molecular weight excluding hydrogens is 165 g/mol. The first kappa shape index (κ1) is 8.54. The van der Waals surface area contributed by atoms with Crippen molar-refractivity contribution in [3.8, 4) is 0 Å². The molecule has 1 heterocycles. The van der Waals surface area contributed by atoms with Gasteiger partial charge in [0, 0.05) is 12.2 Å². The van der Waals surface area contributed by atoms with Crippen molar-refractivity contribution in [2.24, 2.45) is 0 Å². The SMILES string of the molecule is F[C@@H]1CCCCN1c1c[c]ccc1. The Labute approximate surface area is 78.2 Å². The second-order valence-corrected chi connectivity index (χ2v) is 3.39. The standard InChI is InChI=1S/C11H13FN/c12-11-8-4-5-9-13(11)10-6-2-1-3-7-10/h1-2,6-7,11H,4-5,8-9H2/t11-/m0/s1. The summed E-state index contributed by atoms with van der Waals surface area (Å²) in [6, 6.07) is 10.5. The second-order valence-electron chi connectivity index (χ2n) is 3.39. The maximum absolute atomic E-state index is 13.4. The van der Waals surface area contributed by atoms with Crippen LogP contribution in [0.15, 0.2) is 24.3 Å². The average Bonchev–Trinajstić information content (AvgIpc) is 2.20. The van der Waals surface area contributed by atoms with Crippen LogP contribution in [0.25, 0.3) is 0 Å². The van der Waals surface area contributed by atoms with Crippen LogP contribution in [0.3, 0.4) is 0 Å². The lowest BCUT2D eigenvalue weighted by Crippen LogP contribution is -2.36. The van der Waals surface area contributed by atoms with E-state index in [4.69, 9.17) is 0 Å². The molecule has 1 radical (unpaired) electrons. The van der Waals surface area contributed by atoms with E-state index in [1.165, 1.54) is 0 Å². The van der Waals surface area contributed by atoms with Gasteiger partial charge in [0.15, 0.2) is 6.30 Å². The van der Waals surface area contributed by atoms with E-state index in [2.05, 4.69) is 6.07 Å². The quantitative estimate of drug-likeness (QED) is 0.598. The molecule has 13 heavy (non-hydrogen) atoms. The van der Waals surface area contributed by atoms with Crippen LogP contribution in [0.2, 0.25) is 0 Å². The molecule has 0 aliphatic carbocycles. The average molecular weight is 178 g/mol. The van der Waals surface area contributed by atoms with E-state index < -0.39 is 6.30 Å². The van der Waals surface area contributed by atoms with Gasteiger partial charge in [0.2, 0.25) is 0 Å². The Morgan fingerprint density at radius 2 is 2.38 bits per heavy atom. The fraction of sp³-hybridized carbons (Fsp3) is 0.455. The molecule has 1 fully saturated rings. The third-order valence-electron chi connectivity index (χ3n) is 2.45. The van der Waals surface area contributed by atoms with Crippen LogP contribution in [0.4, 0.5) is 10.1 Å². The van der Waals surface area contributed by atoms with Gasteiger partial charge in [0.05, 0.1) is 0 Å². The second kappa shape index (κ2) is 3.77. The first-order chi connectivity index (χ1) is 6.38. The minimum atomic E-state index is -0.801. The van der Waals surface area contributed by atoms with Crippen LogP contribution < -0.4 is 4.90 Å². The van der Waals surface area contributed by atoms with Crippen LogP contribution >= 0.6 is 0 Å². The number of rotatable bonds is 1. The minimum absolute atomic E-state index is 0.662. The third kappa shape index (κ3) is 1.82. The van der Waals surface area contributed by atoms with Crippen molar-refractivity contribution in [3.63, 3.8) is 0 Å². The van der Waals surface area contributed by atoms with Crippen molar-refractivity contribution < 1.29 is 4.39 Å². The molecule has 1 nitrogen and oxygen atoms in total. The van der Waals surface area contributed by atoms with Crippen LogP contribution in [0.1, 0.15) is 19.3 Å². The molecule has 2 heteroatoms. The molecule has 0 unspecified atom stereocenters. The van der Waals surface area contributed by atoms with Gasteiger partial charge in [-0.25, -0.2) is 4.39 Å². The fourth-order valence-corrected chi connectivity index (χ4v) is 1.74. The highest BCUT2D eigenvalue weighted by atomic mass is 19.1. The highest BCUT2D eigenvalue weighted by Gasteiger charge is 2.21. The van der Waals surface area contributed by atoms with Gasteiger partial charge in [0.25, 0.3) is 0 Å². The normalized spacial score (nSPS) is 23.2. The molecule has 1 aliphatic rings. The van der Waals surface area contributed by atoms with Gasteiger partial charge in [-0.2, -0.15) is 0 Å². The number of piperidine rings is 1. The van der Waals surface area contributed by atoms with Crippen molar-refractivity contribution in [2.75, 3.05) is 11.4 Å². The van der Waals surface area contributed by atoms with E-state index in [9.17, 15) is 4.39 Å². The molecule has 0 N–H and O–H groups in total. The van der Waals surface area contributed by atoms with Gasteiger partial charge >= 0.3 is 0 Å². The Kier molecular flexibility index (Phi) is 2.48. The summed E-state index contributed by atoms with van der Waals surface area (Å²) < 4.78 is 13.4. The molecule has 0 amide bonds. The minimum Gasteiger partial charge on any atom is -0.342 e. The van der Waals surface area contributed by atoms with Crippen LogP contribution in [0.5, 0.6) is 0 Å². The Morgan fingerprint density at radius 1 is 1.46 bits per heavy atom. The number of nitrogens with zero attached hydrogens (tertiary/aromatic N) is 1. The third-order valence-corrected chi connectivity index (χ3v) is 2.45. The molecule has 1 atom stereocenters. The number of alkyl halides is 1. The molecule has 0 bridgehead atoms. The molecule has 69 valence electrons.